The molecule has 0 aromatic heterocycles. The van der Waals surface area contributed by atoms with Crippen molar-refractivity contribution in [1.82, 2.24) is 5.32 Å². The first-order valence-corrected chi connectivity index (χ1v) is 2.77. The lowest BCUT2D eigenvalue weighted by Crippen LogP contribution is -2.31. The van der Waals surface area contributed by atoms with E-state index in [4.69, 9.17) is 5.11 Å². The lowest BCUT2D eigenvalue weighted by Gasteiger charge is -1.98. The van der Waals surface area contributed by atoms with Crippen LogP contribution in [0.2, 0.25) is 0 Å². The highest BCUT2D eigenvalue weighted by molar-refractivity contribution is 5.91. The van der Waals surface area contributed by atoms with Crippen LogP contribution in [0.4, 0.5) is 4.79 Å². The molecule has 0 saturated carbocycles. The van der Waals surface area contributed by atoms with Crippen LogP contribution in [-0.2, 0) is 9.53 Å². The summed E-state index contributed by atoms with van der Waals surface area (Å²) >= 11 is 0. The SMILES string of the molecule is CCOCC(=O)NC(=O)O. The molecular formula is C5H9NO4. The van der Waals surface area contributed by atoms with Crippen molar-refractivity contribution in [2.45, 2.75) is 6.92 Å². The van der Waals surface area contributed by atoms with Gasteiger partial charge in [0.1, 0.15) is 6.61 Å². The number of nitrogens with one attached hydrogen (secondary N) is 1. The number of carbonyl (C=O) groups excluding carboxylic acids is 1. The highest BCUT2D eigenvalue weighted by atomic mass is 16.5. The van der Waals surface area contributed by atoms with Gasteiger partial charge in [-0.3, -0.25) is 10.1 Å². The molecular weight excluding hydrogens is 138 g/mol. The smallest absolute Gasteiger partial charge is 0.411 e. The number of carboxylic acid groups (broad SMARTS) is 1. The molecule has 58 valence electrons. The molecule has 0 aromatic carbocycles. The lowest BCUT2D eigenvalue weighted by molar-refractivity contribution is -0.124. The van der Waals surface area contributed by atoms with E-state index >= 15 is 0 Å². The Morgan fingerprint density at radius 2 is 2.20 bits per heavy atom. The third-order valence-electron chi connectivity index (χ3n) is 0.684. The van der Waals surface area contributed by atoms with Gasteiger partial charge in [0.25, 0.3) is 5.91 Å². The first-order chi connectivity index (χ1) is 4.66. The quantitative estimate of drug-likeness (QED) is 0.580. The molecule has 0 aliphatic carbocycles. The van der Waals surface area contributed by atoms with Crippen molar-refractivity contribution < 1.29 is 19.4 Å². The van der Waals surface area contributed by atoms with Crippen molar-refractivity contribution in [3.8, 4) is 0 Å². The van der Waals surface area contributed by atoms with Crippen LogP contribution in [0.1, 0.15) is 6.92 Å². The Morgan fingerprint density at radius 3 is 2.60 bits per heavy atom. The molecule has 0 atom stereocenters. The summed E-state index contributed by atoms with van der Waals surface area (Å²) in [6, 6.07) is 0. The molecule has 0 radical (unpaired) electrons. The number of hydrogen-bond donors (Lipinski definition) is 2. The summed E-state index contributed by atoms with van der Waals surface area (Å²) in [5, 5.41) is 9.63. The Balaban J connectivity index is 3.35. The summed E-state index contributed by atoms with van der Waals surface area (Å²) < 4.78 is 4.62. The van der Waals surface area contributed by atoms with E-state index in [1.807, 2.05) is 0 Å². The van der Waals surface area contributed by atoms with E-state index in [2.05, 4.69) is 4.74 Å². The van der Waals surface area contributed by atoms with E-state index in [9.17, 15) is 9.59 Å². The summed E-state index contributed by atoms with van der Waals surface area (Å²) in [6.07, 6.45) is -1.36. The standard InChI is InChI=1S/C5H9NO4/c1-2-10-3-4(7)6-5(8)9/h2-3H2,1H3,(H,6,7)(H,8,9). The molecule has 0 aliphatic heterocycles. The topological polar surface area (TPSA) is 75.6 Å². The van der Waals surface area contributed by atoms with Crippen molar-refractivity contribution >= 4 is 12.0 Å². The maximum Gasteiger partial charge on any atom is 0.411 e. The minimum Gasteiger partial charge on any atom is -0.465 e. The molecule has 0 aliphatic rings. The Bertz CT molecular complexity index is 134. The van der Waals surface area contributed by atoms with Crippen LogP contribution in [0.15, 0.2) is 0 Å². The van der Waals surface area contributed by atoms with Gasteiger partial charge in [-0.15, -0.1) is 0 Å². The molecule has 2 amide bonds. The second kappa shape index (κ2) is 4.75. The normalized spacial score (nSPS) is 8.90. The van der Waals surface area contributed by atoms with E-state index < -0.39 is 12.0 Å². The van der Waals surface area contributed by atoms with Crippen LogP contribution >= 0.6 is 0 Å². The molecule has 0 aromatic rings. The van der Waals surface area contributed by atoms with Gasteiger partial charge in [-0.1, -0.05) is 0 Å². The summed E-state index contributed by atoms with van der Waals surface area (Å²) in [5.41, 5.74) is 0. The minimum atomic E-state index is -1.36. The predicted molar refractivity (Wildman–Crippen MR) is 32.7 cm³/mol. The average molecular weight is 147 g/mol. The van der Waals surface area contributed by atoms with Crippen molar-refractivity contribution in [2.24, 2.45) is 0 Å². The van der Waals surface area contributed by atoms with Gasteiger partial charge in [0.15, 0.2) is 0 Å². The van der Waals surface area contributed by atoms with E-state index in [-0.39, 0.29) is 6.61 Å². The average Bonchev–Trinajstić information content (AvgIpc) is 1.82. The molecule has 10 heavy (non-hydrogen) atoms. The van der Waals surface area contributed by atoms with E-state index in [0.717, 1.165) is 0 Å². The molecule has 5 heteroatoms. The monoisotopic (exact) mass is 147 g/mol. The lowest BCUT2D eigenvalue weighted by atomic mass is 10.6. The largest absolute Gasteiger partial charge is 0.465 e. The first-order valence-electron chi connectivity index (χ1n) is 2.77. The predicted octanol–water partition coefficient (Wildman–Crippen LogP) is -0.183. The fraction of sp³-hybridized carbons (Fsp3) is 0.600. The molecule has 0 saturated heterocycles. The maximum atomic E-state index is 10.4. The molecule has 5 nitrogen and oxygen atoms in total. The molecule has 0 rings (SSSR count). The Labute approximate surface area is 58.0 Å². The summed E-state index contributed by atoms with van der Waals surface area (Å²) in [6.45, 7) is 1.91. The molecule has 0 fully saturated rings. The molecule has 0 unspecified atom stereocenters. The van der Waals surface area contributed by atoms with Gasteiger partial charge in [0, 0.05) is 6.61 Å². The number of carbonyl (C=O) groups is 2. The Hall–Kier alpha value is -1.10. The fourth-order valence-corrected chi connectivity index (χ4v) is 0.350. The highest BCUT2D eigenvalue weighted by Crippen LogP contribution is 1.72. The molecule has 0 heterocycles. The van der Waals surface area contributed by atoms with Crippen molar-refractivity contribution in [2.75, 3.05) is 13.2 Å². The third-order valence-corrected chi connectivity index (χ3v) is 0.684. The maximum absolute atomic E-state index is 10.4. The van der Waals surface area contributed by atoms with Crippen molar-refractivity contribution in [3.63, 3.8) is 0 Å². The van der Waals surface area contributed by atoms with Gasteiger partial charge < -0.3 is 9.84 Å². The van der Waals surface area contributed by atoms with Gasteiger partial charge in [0.05, 0.1) is 0 Å². The van der Waals surface area contributed by atoms with Crippen LogP contribution in [-0.4, -0.2) is 30.3 Å². The zero-order valence-corrected chi connectivity index (χ0v) is 5.59. The van der Waals surface area contributed by atoms with Gasteiger partial charge in [0.2, 0.25) is 0 Å². The van der Waals surface area contributed by atoms with Gasteiger partial charge in [-0.05, 0) is 6.92 Å². The molecule has 0 spiro atoms. The van der Waals surface area contributed by atoms with Gasteiger partial charge in [-0.25, -0.2) is 4.79 Å². The van der Waals surface area contributed by atoms with Gasteiger partial charge >= 0.3 is 6.09 Å². The third kappa shape index (κ3) is 5.04. The zero-order chi connectivity index (χ0) is 7.98. The van der Waals surface area contributed by atoms with Crippen LogP contribution < -0.4 is 5.32 Å². The second-order valence-corrected chi connectivity index (χ2v) is 1.49. The highest BCUT2D eigenvalue weighted by Gasteiger charge is 2.03. The fourth-order valence-electron chi connectivity index (χ4n) is 0.350. The van der Waals surface area contributed by atoms with Crippen LogP contribution in [0.5, 0.6) is 0 Å². The van der Waals surface area contributed by atoms with Crippen molar-refractivity contribution in [1.29, 1.82) is 0 Å². The molecule has 0 bridgehead atoms. The van der Waals surface area contributed by atoms with Crippen LogP contribution in [0.3, 0.4) is 0 Å². The Kier molecular flexibility index (Phi) is 4.23. The zero-order valence-electron chi connectivity index (χ0n) is 5.59. The number of amides is 2. The van der Waals surface area contributed by atoms with Crippen molar-refractivity contribution in [3.05, 3.63) is 0 Å². The number of rotatable bonds is 3. The van der Waals surface area contributed by atoms with E-state index in [1.165, 1.54) is 0 Å². The van der Waals surface area contributed by atoms with Gasteiger partial charge in [-0.2, -0.15) is 0 Å². The van der Waals surface area contributed by atoms with E-state index in [0.29, 0.717) is 6.61 Å². The number of ether oxygens (including phenoxy) is 1. The van der Waals surface area contributed by atoms with Crippen LogP contribution in [0, 0.1) is 0 Å². The summed E-state index contributed by atoms with van der Waals surface area (Å²) in [5.74, 6) is -0.644. The number of hydrogen-bond acceptors (Lipinski definition) is 3. The van der Waals surface area contributed by atoms with Crippen LogP contribution in [0.25, 0.3) is 0 Å². The summed E-state index contributed by atoms with van der Waals surface area (Å²) in [7, 11) is 0. The minimum absolute atomic E-state index is 0.206. The Morgan fingerprint density at radius 1 is 1.60 bits per heavy atom. The summed E-state index contributed by atoms with van der Waals surface area (Å²) in [4.78, 5) is 20.2. The number of imide groups is 1. The van der Waals surface area contributed by atoms with E-state index in [1.54, 1.807) is 12.2 Å². The second-order valence-electron chi connectivity index (χ2n) is 1.49. The first kappa shape index (κ1) is 8.90. The molecule has 2 N–H and O–H groups in total.